The topological polar surface area (TPSA) is 135 Å². The van der Waals surface area contributed by atoms with E-state index in [4.69, 9.17) is 9.15 Å². The maximum absolute atomic E-state index is 12.9. The van der Waals surface area contributed by atoms with E-state index in [0.29, 0.717) is 5.39 Å². The molecule has 0 aliphatic heterocycles. The molecule has 5 rings (SSSR count). The quantitative estimate of drug-likeness (QED) is 0.312. The van der Waals surface area contributed by atoms with Gasteiger partial charge >= 0.3 is 17.7 Å². The third-order valence-corrected chi connectivity index (χ3v) is 6.55. The van der Waals surface area contributed by atoms with Crippen LogP contribution in [0.5, 0.6) is 0 Å². The Bertz CT molecular complexity index is 1580. The minimum Gasteiger partial charge on any atom is -0.481 e. The maximum Gasteiger partial charge on any atom is 0.407 e. The van der Waals surface area contributed by atoms with Crippen LogP contribution in [0.25, 0.3) is 22.1 Å². The van der Waals surface area contributed by atoms with Gasteiger partial charge in [0.2, 0.25) is 5.91 Å². The number of carbonyl (C=O) groups is 3. The molecule has 9 nitrogen and oxygen atoms in total. The van der Waals surface area contributed by atoms with E-state index in [1.807, 2.05) is 48.5 Å². The summed E-state index contributed by atoms with van der Waals surface area (Å²) < 4.78 is 10.7. The Morgan fingerprint density at radius 3 is 2.29 bits per heavy atom. The Hall–Kier alpha value is -4.92. The van der Waals surface area contributed by atoms with Crippen LogP contribution < -0.4 is 16.3 Å². The van der Waals surface area contributed by atoms with Gasteiger partial charge in [0.15, 0.2) is 0 Å². The van der Waals surface area contributed by atoms with Gasteiger partial charge in [-0.2, -0.15) is 0 Å². The molecule has 0 unspecified atom stereocenters. The summed E-state index contributed by atoms with van der Waals surface area (Å²) >= 11 is 0. The molecule has 9 heteroatoms. The van der Waals surface area contributed by atoms with Crippen molar-refractivity contribution >= 4 is 34.6 Å². The van der Waals surface area contributed by atoms with E-state index in [-0.39, 0.29) is 23.8 Å². The number of fused-ring (bicyclic) bond motifs is 4. The first-order chi connectivity index (χ1) is 18.3. The lowest BCUT2D eigenvalue weighted by Gasteiger charge is -2.19. The summed E-state index contributed by atoms with van der Waals surface area (Å²) in [4.78, 5) is 48.7. The summed E-state index contributed by atoms with van der Waals surface area (Å²) in [5, 5.41) is 14.9. The van der Waals surface area contributed by atoms with Gasteiger partial charge in [0.1, 0.15) is 18.2 Å². The number of amides is 2. The van der Waals surface area contributed by atoms with Crippen molar-refractivity contribution in [3.05, 3.63) is 99.9 Å². The highest BCUT2D eigenvalue weighted by atomic mass is 16.5. The number of anilines is 1. The predicted octanol–water partition coefficient (Wildman–Crippen LogP) is 4.42. The first-order valence-corrected chi connectivity index (χ1v) is 12.0. The summed E-state index contributed by atoms with van der Waals surface area (Å²) in [5.74, 6) is -2.21. The molecule has 0 fully saturated rings. The molecule has 192 valence electrons. The lowest BCUT2D eigenvalue weighted by atomic mass is 9.98. The standard InChI is InChI=1S/C29H24N2O7/c1-16-12-27(34)38-25-13-17(10-11-18(16)25)30-28(35)24(14-26(32)33)31-29(36)37-15-23-21-8-4-2-6-19(21)20-7-3-5-9-22(20)23/h2-13,23-24H,14-15H2,1H3,(H,30,35)(H,31,36)(H,32,33)/t24-/m0/s1. The van der Waals surface area contributed by atoms with Crippen LogP contribution in [0, 0.1) is 6.92 Å². The SMILES string of the molecule is Cc1cc(=O)oc2cc(NC(=O)[C@H](CC(=O)O)NC(=O)OCC3c4ccccc4-c4ccccc43)ccc12. The van der Waals surface area contributed by atoms with Crippen LogP contribution >= 0.6 is 0 Å². The van der Waals surface area contributed by atoms with E-state index in [1.54, 1.807) is 19.1 Å². The molecule has 1 aliphatic carbocycles. The maximum atomic E-state index is 12.9. The van der Waals surface area contributed by atoms with Crippen molar-refractivity contribution in [2.45, 2.75) is 25.3 Å². The summed E-state index contributed by atoms with van der Waals surface area (Å²) in [6.07, 6.45) is -1.56. The normalized spacial score (nSPS) is 12.9. The van der Waals surface area contributed by atoms with Crippen molar-refractivity contribution in [3.63, 3.8) is 0 Å². The molecule has 0 radical (unpaired) electrons. The molecule has 1 atom stereocenters. The van der Waals surface area contributed by atoms with E-state index in [9.17, 15) is 24.3 Å². The Balaban J connectivity index is 1.28. The second-order valence-corrected chi connectivity index (χ2v) is 9.07. The molecule has 1 aliphatic rings. The highest BCUT2D eigenvalue weighted by molar-refractivity contribution is 5.99. The lowest BCUT2D eigenvalue weighted by Crippen LogP contribution is -2.45. The van der Waals surface area contributed by atoms with E-state index in [2.05, 4.69) is 10.6 Å². The van der Waals surface area contributed by atoms with Gasteiger partial charge in [-0.3, -0.25) is 9.59 Å². The van der Waals surface area contributed by atoms with Crippen LogP contribution in [-0.2, 0) is 14.3 Å². The number of rotatable bonds is 7. The zero-order valence-electron chi connectivity index (χ0n) is 20.4. The van der Waals surface area contributed by atoms with Crippen LogP contribution in [0.1, 0.15) is 29.0 Å². The van der Waals surface area contributed by atoms with E-state index in [0.717, 1.165) is 27.8 Å². The summed E-state index contributed by atoms with van der Waals surface area (Å²) in [7, 11) is 0. The zero-order valence-corrected chi connectivity index (χ0v) is 20.4. The molecule has 0 spiro atoms. The minimum atomic E-state index is -1.40. The molecular formula is C29H24N2O7. The third-order valence-electron chi connectivity index (χ3n) is 6.55. The van der Waals surface area contributed by atoms with Crippen molar-refractivity contribution in [3.8, 4) is 11.1 Å². The van der Waals surface area contributed by atoms with Crippen molar-refractivity contribution in [1.82, 2.24) is 5.32 Å². The van der Waals surface area contributed by atoms with Crippen LogP contribution in [0.3, 0.4) is 0 Å². The number of hydrogen-bond donors (Lipinski definition) is 3. The molecule has 0 bridgehead atoms. The number of nitrogens with one attached hydrogen (secondary N) is 2. The molecule has 1 aromatic heterocycles. The summed E-state index contributed by atoms with van der Waals surface area (Å²) in [6, 6.07) is 20.4. The molecule has 1 heterocycles. The average molecular weight is 513 g/mol. The fraction of sp³-hybridized carbons (Fsp3) is 0.172. The van der Waals surface area contributed by atoms with Gasteiger partial charge in [-0.25, -0.2) is 9.59 Å². The van der Waals surface area contributed by atoms with E-state index < -0.39 is 36.1 Å². The van der Waals surface area contributed by atoms with Gasteiger partial charge in [0, 0.05) is 29.1 Å². The molecule has 38 heavy (non-hydrogen) atoms. The number of benzene rings is 3. The summed E-state index contributed by atoms with van der Waals surface area (Å²) in [6.45, 7) is 1.78. The average Bonchev–Trinajstić information content (AvgIpc) is 3.20. The van der Waals surface area contributed by atoms with Crippen LogP contribution in [0.2, 0.25) is 0 Å². The van der Waals surface area contributed by atoms with Crippen molar-refractivity contribution in [2.24, 2.45) is 0 Å². The van der Waals surface area contributed by atoms with Crippen LogP contribution in [0.15, 0.2) is 82.0 Å². The predicted molar refractivity (Wildman–Crippen MR) is 140 cm³/mol. The Morgan fingerprint density at radius 1 is 0.974 bits per heavy atom. The molecule has 3 N–H and O–H groups in total. The molecule has 2 amide bonds. The third kappa shape index (κ3) is 4.99. The number of carbonyl (C=O) groups excluding carboxylic acids is 2. The minimum absolute atomic E-state index is 0.0182. The molecule has 0 saturated carbocycles. The largest absolute Gasteiger partial charge is 0.481 e. The smallest absolute Gasteiger partial charge is 0.407 e. The molecule has 0 saturated heterocycles. The van der Waals surface area contributed by atoms with Gasteiger partial charge in [0.05, 0.1) is 6.42 Å². The zero-order chi connectivity index (χ0) is 26.8. The monoisotopic (exact) mass is 512 g/mol. The number of hydrogen-bond acceptors (Lipinski definition) is 6. The van der Waals surface area contributed by atoms with Gasteiger partial charge in [-0.05, 0) is 46.9 Å². The Kier molecular flexibility index (Phi) is 6.66. The van der Waals surface area contributed by atoms with Crippen LogP contribution in [0.4, 0.5) is 10.5 Å². The molecular weight excluding hydrogens is 488 g/mol. The fourth-order valence-electron chi connectivity index (χ4n) is 4.80. The van der Waals surface area contributed by atoms with Crippen molar-refractivity contribution < 1.29 is 28.6 Å². The highest BCUT2D eigenvalue weighted by Crippen LogP contribution is 2.44. The van der Waals surface area contributed by atoms with Crippen molar-refractivity contribution in [1.29, 1.82) is 0 Å². The van der Waals surface area contributed by atoms with Gasteiger partial charge in [-0.15, -0.1) is 0 Å². The number of carboxylic acid groups (broad SMARTS) is 1. The van der Waals surface area contributed by atoms with Crippen molar-refractivity contribution in [2.75, 3.05) is 11.9 Å². The second kappa shape index (κ2) is 10.2. The van der Waals surface area contributed by atoms with Gasteiger partial charge < -0.3 is 24.9 Å². The van der Waals surface area contributed by atoms with E-state index >= 15 is 0 Å². The molecule has 4 aromatic rings. The first kappa shape index (κ1) is 24.8. The van der Waals surface area contributed by atoms with Crippen LogP contribution in [-0.4, -0.2) is 35.7 Å². The second-order valence-electron chi connectivity index (χ2n) is 9.07. The Labute approximate surface area is 217 Å². The lowest BCUT2D eigenvalue weighted by molar-refractivity contribution is -0.139. The highest BCUT2D eigenvalue weighted by Gasteiger charge is 2.30. The van der Waals surface area contributed by atoms with E-state index in [1.165, 1.54) is 12.1 Å². The summed E-state index contributed by atoms with van der Waals surface area (Å²) in [5.41, 5.74) is 4.93. The number of aliphatic carboxylic acids is 1. The fourth-order valence-corrected chi connectivity index (χ4v) is 4.80. The first-order valence-electron chi connectivity index (χ1n) is 12.0. The number of carboxylic acids is 1. The Morgan fingerprint density at radius 2 is 1.63 bits per heavy atom. The van der Waals surface area contributed by atoms with Gasteiger partial charge in [-0.1, -0.05) is 48.5 Å². The molecule has 3 aromatic carbocycles. The number of aryl methyl sites for hydroxylation is 1. The number of ether oxygens (including phenoxy) is 1. The number of alkyl carbamates (subject to hydrolysis) is 1. The van der Waals surface area contributed by atoms with Gasteiger partial charge in [0.25, 0.3) is 0 Å².